The van der Waals surface area contributed by atoms with E-state index in [9.17, 15) is 9.59 Å². The van der Waals surface area contributed by atoms with Crippen LogP contribution in [0.1, 0.15) is 31.7 Å². The number of hydrogen-bond donors (Lipinski definition) is 2. The lowest BCUT2D eigenvalue weighted by Gasteiger charge is -2.27. The molecule has 0 bridgehead atoms. The molecule has 2 N–H and O–H groups in total. The SMILES string of the molecule is CC(CC(=O)Nc1ccc(=O)n(Cc2ccccc2Cl)c1)C1CCNCC1.Cl. The first-order valence-corrected chi connectivity index (χ1v) is 9.85. The van der Waals surface area contributed by atoms with Gasteiger partial charge < -0.3 is 15.2 Å². The lowest BCUT2D eigenvalue weighted by atomic mass is 9.84. The second-order valence-electron chi connectivity index (χ2n) is 7.29. The molecule has 5 nitrogen and oxygen atoms in total. The molecule has 1 aliphatic rings. The molecule has 1 aromatic heterocycles. The predicted octanol–water partition coefficient (Wildman–Crippen LogP) is 3.94. The van der Waals surface area contributed by atoms with E-state index >= 15 is 0 Å². The highest BCUT2D eigenvalue weighted by atomic mass is 35.5. The van der Waals surface area contributed by atoms with Crippen molar-refractivity contribution in [2.75, 3.05) is 18.4 Å². The van der Waals surface area contributed by atoms with Gasteiger partial charge in [0.2, 0.25) is 5.91 Å². The van der Waals surface area contributed by atoms with Crippen LogP contribution in [0.2, 0.25) is 5.02 Å². The van der Waals surface area contributed by atoms with Crippen molar-refractivity contribution in [1.29, 1.82) is 0 Å². The van der Waals surface area contributed by atoms with Crippen molar-refractivity contribution in [2.24, 2.45) is 11.8 Å². The van der Waals surface area contributed by atoms with Crippen molar-refractivity contribution < 1.29 is 4.79 Å². The molecule has 1 aliphatic heterocycles. The third kappa shape index (κ3) is 6.09. The number of nitrogens with zero attached hydrogens (tertiary/aromatic N) is 1. The Labute approximate surface area is 176 Å². The topological polar surface area (TPSA) is 63.1 Å². The van der Waals surface area contributed by atoms with E-state index in [1.807, 2.05) is 18.2 Å². The molecule has 1 atom stereocenters. The number of halogens is 2. The molecule has 1 amide bonds. The van der Waals surface area contributed by atoms with Crippen LogP contribution in [0, 0.1) is 11.8 Å². The Bertz CT molecular complexity index is 848. The Morgan fingerprint density at radius 2 is 1.96 bits per heavy atom. The molecule has 2 aromatic rings. The zero-order valence-electron chi connectivity index (χ0n) is 16.0. The van der Waals surface area contributed by atoms with Gasteiger partial charge in [0.25, 0.3) is 5.56 Å². The van der Waals surface area contributed by atoms with E-state index in [4.69, 9.17) is 11.6 Å². The van der Waals surface area contributed by atoms with Crippen molar-refractivity contribution in [3.63, 3.8) is 0 Å². The van der Waals surface area contributed by atoms with E-state index in [-0.39, 0.29) is 23.9 Å². The van der Waals surface area contributed by atoms with Gasteiger partial charge in [-0.3, -0.25) is 9.59 Å². The summed E-state index contributed by atoms with van der Waals surface area (Å²) in [5.74, 6) is 0.927. The van der Waals surface area contributed by atoms with E-state index < -0.39 is 0 Å². The Morgan fingerprint density at radius 1 is 1.25 bits per heavy atom. The Kier molecular flexibility index (Phi) is 8.55. The average Bonchev–Trinajstić information content (AvgIpc) is 2.67. The van der Waals surface area contributed by atoms with E-state index in [0.717, 1.165) is 31.5 Å². The Balaban J connectivity index is 0.00000280. The van der Waals surface area contributed by atoms with Crippen LogP contribution in [0.25, 0.3) is 0 Å². The van der Waals surface area contributed by atoms with Gasteiger partial charge in [-0.15, -0.1) is 12.4 Å². The van der Waals surface area contributed by atoms with E-state index in [0.29, 0.717) is 35.5 Å². The smallest absolute Gasteiger partial charge is 0.250 e. The first-order chi connectivity index (χ1) is 13.0. The van der Waals surface area contributed by atoms with Gasteiger partial charge in [0, 0.05) is 23.7 Å². The number of carbonyl (C=O) groups excluding carboxylic acids is 1. The summed E-state index contributed by atoms with van der Waals surface area (Å²) in [5.41, 5.74) is 1.37. The molecule has 0 saturated carbocycles. The van der Waals surface area contributed by atoms with Crippen LogP contribution in [0.3, 0.4) is 0 Å². The summed E-state index contributed by atoms with van der Waals surface area (Å²) in [6, 6.07) is 10.6. The number of benzene rings is 1. The maximum atomic E-state index is 12.4. The monoisotopic (exact) mass is 423 g/mol. The number of carbonyl (C=O) groups is 1. The van der Waals surface area contributed by atoms with Gasteiger partial charge in [-0.05, 0) is 55.5 Å². The molecule has 1 saturated heterocycles. The molecule has 2 heterocycles. The molecule has 1 fully saturated rings. The van der Waals surface area contributed by atoms with Crippen LogP contribution >= 0.6 is 24.0 Å². The van der Waals surface area contributed by atoms with Crippen molar-refractivity contribution in [3.05, 3.63) is 63.5 Å². The first kappa shape index (κ1) is 22.5. The Hall–Kier alpha value is -1.82. The normalized spacial score (nSPS) is 15.5. The fourth-order valence-electron chi connectivity index (χ4n) is 3.62. The van der Waals surface area contributed by atoms with Gasteiger partial charge in [0.1, 0.15) is 0 Å². The predicted molar refractivity (Wildman–Crippen MR) is 117 cm³/mol. The zero-order chi connectivity index (χ0) is 19.2. The average molecular weight is 424 g/mol. The maximum Gasteiger partial charge on any atom is 0.250 e. The lowest BCUT2D eigenvalue weighted by molar-refractivity contribution is -0.117. The molecule has 1 unspecified atom stereocenters. The lowest BCUT2D eigenvalue weighted by Crippen LogP contribution is -2.32. The van der Waals surface area contributed by atoms with Crippen LogP contribution in [-0.2, 0) is 11.3 Å². The van der Waals surface area contributed by atoms with Crippen LogP contribution in [0.4, 0.5) is 5.69 Å². The molecule has 0 radical (unpaired) electrons. The number of amides is 1. The molecule has 7 heteroatoms. The minimum Gasteiger partial charge on any atom is -0.325 e. The van der Waals surface area contributed by atoms with Crippen molar-refractivity contribution in [3.8, 4) is 0 Å². The molecular formula is C21H27Cl2N3O2. The van der Waals surface area contributed by atoms with Crippen molar-refractivity contribution >= 4 is 35.6 Å². The fraction of sp³-hybridized carbons (Fsp3) is 0.429. The highest BCUT2D eigenvalue weighted by molar-refractivity contribution is 6.31. The summed E-state index contributed by atoms with van der Waals surface area (Å²) in [6.07, 6.45) is 4.42. The number of rotatable bonds is 6. The number of anilines is 1. The third-order valence-corrected chi connectivity index (χ3v) is 5.63. The summed E-state index contributed by atoms with van der Waals surface area (Å²) in [6.45, 7) is 4.58. The van der Waals surface area contributed by atoms with Gasteiger partial charge in [0.05, 0.1) is 12.2 Å². The van der Waals surface area contributed by atoms with Gasteiger partial charge in [0.15, 0.2) is 0 Å². The van der Waals surface area contributed by atoms with Gasteiger partial charge >= 0.3 is 0 Å². The molecular weight excluding hydrogens is 397 g/mol. The molecule has 0 aliphatic carbocycles. The summed E-state index contributed by atoms with van der Waals surface area (Å²) in [5, 5.41) is 6.91. The standard InChI is InChI=1S/C21H26ClN3O2.ClH/c1-15(16-8-10-23-11-9-16)12-20(26)24-18-6-7-21(27)25(14-18)13-17-4-2-3-5-19(17)22;/h2-7,14-16,23H,8-13H2,1H3,(H,24,26);1H. The minimum atomic E-state index is -0.129. The number of pyridine rings is 1. The van der Waals surface area contributed by atoms with E-state index in [1.54, 1.807) is 22.9 Å². The van der Waals surface area contributed by atoms with Crippen molar-refractivity contribution in [1.82, 2.24) is 9.88 Å². The van der Waals surface area contributed by atoms with Crippen LogP contribution in [-0.4, -0.2) is 23.6 Å². The highest BCUT2D eigenvalue weighted by Gasteiger charge is 2.22. The largest absolute Gasteiger partial charge is 0.325 e. The molecule has 3 rings (SSSR count). The van der Waals surface area contributed by atoms with Gasteiger partial charge in [-0.1, -0.05) is 36.7 Å². The summed E-state index contributed by atoms with van der Waals surface area (Å²) in [4.78, 5) is 24.6. The highest BCUT2D eigenvalue weighted by Crippen LogP contribution is 2.24. The molecule has 0 spiro atoms. The maximum absolute atomic E-state index is 12.4. The van der Waals surface area contributed by atoms with E-state index in [1.165, 1.54) is 6.07 Å². The zero-order valence-corrected chi connectivity index (χ0v) is 17.6. The number of aromatic nitrogens is 1. The fourth-order valence-corrected chi connectivity index (χ4v) is 3.82. The third-order valence-electron chi connectivity index (χ3n) is 5.26. The van der Waals surface area contributed by atoms with Crippen LogP contribution in [0.5, 0.6) is 0 Å². The van der Waals surface area contributed by atoms with Gasteiger partial charge in [-0.25, -0.2) is 0 Å². The summed E-state index contributed by atoms with van der Waals surface area (Å²) >= 11 is 6.19. The second-order valence-corrected chi connectivity index (χ2v) is 7.70. The molecule has 28 heavy (non-hydrogen) atoms. The number of hydrogen-bond acceptors (Lipinski definition) is 3. The number of nitrogens with one attached hydrogen (secondary N) is 2. The van der Waals surface area contributed by atoms with E-state index in [2.05, 4.69) is 17.6 Å². The second kappa shape index (κ2) is 10.6. The summed E-state index contributed by atoms with van der Waals surface area (Å²) < 4.78 is 1.56. The first-order valence-electron chi connectivity index (χ1n) is 9.47. The van der Waals surface area contributed by atoms with Crippen molar-refractivity contribution in [2.45, 2.75) is 32.7 Å². The summed E-state index contributed by atoms with van der Waals surface area (Å²) in [7, 11) is 0. The number of piperidine rings is 1. The molecule has 1 aromatic carbocycles. The Morgan fingerprint density at radius 3 is 2.68 bits per heavy atom. The minimum absolute atomic E-state index is 0. The van der Waals surface area contributed by atoms with Crippen LogP contribution in [0.15, 0.2) is 47.4 Å². The molecule has 152 valence electrons. The van der Waals surface area contributed by atoms with Crippen LogP contribution < -0.4 is 16.2 Å². The quantitative estimate of drug-likeness (QED) is 0.739. The van der Waals surface area contributed by atoms with Gasteiger partial charge in [-0.2, -0.15) is 0 Å².